The van der Waals surface area contributed by atoms with Gasteiger partial charge >= 0.3 is 0 Å². The average Bonchev–Trinajstić information content (AvgIpc) is 2.35. The maximum Gasteiger partial charge on any atom is 0.241 e. The number of aryl methyl sites for hydroxylation is 1. The molecule has 0 fully saturated rings. The fourth-order valence-corrected chi connectivity index (χ4v) is 1.97. The standard InChI is InChI=1S/C16H27N3O/c1-12(2)17-10-14-9-13(3)7-8-15(14)19(6)11-16(20)18(4)5/h7-9,12,17H,10-11H2,1-6H3. The molecule has 20 heavy (non-hydrogen) atoms. The number of nitrogens with zero attached hydrogens (tertiary/aromatic N) is 2. The third kappa shape index (κ3) is 4.85. The van der Waals surface area contributed by atoms with Gasteiger partial charge < -0.3 is 15.1 Å². The molecule has 0 saturated heterocycles. The summed E-state index contributed by atoms with van der Waals surface area (Å²) in [7, 11) is 5.53. The molecular formula is C16H27N3O. The van der Waals surface area contributed by atoms with Gasteiger partial charge in [0.2, 0.25) is 5.91 Å². The van der Waals surface area contributed by atoms with Gasteiger partial charge in [0, 0.05) is 39.4 Å². The highest BCUT2D eigenvalue weighted by Gasteiger charge is 2.12. The van der Waals surface area contributed by atoms with E-state index in [0.29, 0.717) is 12.6 Å². The highest BCUT2D eigenvalue weighted by atomic mass is 16.2. The second-order valence-corrected chi connectivity index (χ2v) is 5.81. The maximum atomic E-state index is 11.8. The van der Waals surface area contributed by atoms with E-state index in [1.165, 1.54) is 11.1 Å². The lowest BCUT2D eigenvalue weighted by Gasteiger charge is -2.24. The van der Waals surface area contributed by atoms with E-state index >= 15 is 0 Å². The zero-order valence-corrected chi connectivity index (χ0v) is 13.5. The van der Waals surface area contributed by atoms with Crippen molar-refractivity contribution in [1.29, 1.82) is 0 Å². The normalized spacial score (nSPS) is 10.8. The summed E-state index contributed by atoms with van der Waals surface area (Å²) in [4.78, 5) is 15.5. The second-order valence-electron chi connectivity index (χ2n) is 5.81. The lowest BCUT2D eigenvalue weighted by Crippen LogP contribution is -2.35. The Morgan fingerprint density at radius 3 is 2.45 bits per heavy atom. The van der Waals surface area contributed by atoms with E-state index in [1.54, 1.807) is 19.0 Å². The highest BCUT2D eigenvalue weighted by molar-refractivity contribution is 5.81. The molecular weight excluding hydrogens is 250 g/mol. The quantitative estimate of drug-likeness (QED) is 0.864. The summed E-state index contributed by atoms with van der Waals surface area (Å²) in [6, 6.07) is 6.80. The van der Waals surface area contributed by atoms with Crippen molar-refractivity contribution < 1.29 is 4.79 Å². The number of likely N-dealkylation sites (N-methyl/N-ethyl adjacent to an activating group) is 2. The monoisotopic (exact) mass is 277 g/mol. The molecule has 0 spiro atoms. The molecule has 4 nitrogen and oxygen atoms in total. The first-order valence-electron chi connectivity index (χ1n) is 7.05. The van der Waals surface area contributed by atoms with E-state index in [0.717, 1.165) is 12.2 Å². The van der Waals surface area contributed by atoms with Crippen LogP contribution >= 0.6 is 0 Å². The fraction of sp³-hybridized carbons (Fsp3) is 0.562. The van der Waals surface area contributed by atoms with Crippen LogP contribution in [0.25, 0.3) is 0 Å². The summed E-state index contributed by atoms with van der Waals surface area (Å²) < 4.78 is 0. The molecule has 0 aliphatic rings. The predicted octanol–water partition coefficient (Wildman–Crippen LogP) is 2.02. The lowest BCUT2D eigenvalue weighted by molar-refractivity contribution is -0.127. The molecule has 0 saturated carbocycles. The van der Waals surface area contributed by atoms with E-state index in [9.17, 15) is 4.79 Å². The molecule has 0 aliphatic carbocycles. The summed E-state index contributed by atoms with van der Waals surface area (Å²) in [5.74, 6) is 0.107. The van der Waals surface area contributed by atoms with E-state index in [4.69, 9.17) is 0 Å². The number of amides is 1. The predicted molar refractivity (Wildman–Crippen MR) is 85.1 cm³/mol. The first-order chi connectivity index (χ1) is 9.31. The molecule has 0 heterocycles. The molecule has 112 valence electrons. The Hall–Kier alpha value is -1.55. The van der Waals surface area contributed by atoms with Crippen molar-refractivity contribution in [2.75, 3.05) is 32.6 Å². The first kappa shape index (κ1) is 16.5. The number of carbonyl (C=O) groups is 1. The van der Waals surface area contributed by atoms with Crippen molar-refractivity contribution in [3.8, 4) is 0 Å². The van der Waals surface area contributed by atoms with Crippen LogP contribution in [0.2, 0.25) is 0 Å². The summed E-state index contributed by atoms with van der Waals surface area (Å²) in [6.07, 6.45) is 0. The van der Waals surface area contributed by atoms with Gasteiger partial charge in [-0.3, -0.25) is 4.79 Å². The van der Waals surface area contributed by atoms with E-state index < -0.39 is 0 Å². The van der Waals surface area contributed by atoms with Crippen LogP contribution in [0, 0.1) is 6.92 Å². The van der Waals surface area contributed by atoms with Gasteiger partial charge in [0.15, 0.2) is 0 Å². The smallest absolute Gasteiger partial charge is 0.241 e. The zero-order chi connectivity index (χ0) is 15.3. The van der Waals surface area contributed by atoms with Crippen LogP contribution in [0.4, 0.5) is 5.69 Å². The number of nitrogens with one attached hydrogen (secondary N) is 1. The Morgan fingerprint density at radius 2 is 1.90 bits per heavy atom. The van der Waals surface area contributed by atoms with Gasteiger partial charge in [-0.2, -0.15) is 0 Å². The molecule has 0 atom stereocenters. The van der Waals surface area contributed by atoms with Gasteiger partial charge in [-0.1, -0.05) is 31.5 Å². The van der Waals surface area contributed by atoms with E-state index in [2.05, 4.69) is 44.3 Å². The third-order valence-corrected chi connectivity index (χ3v) is 3.22. The van der Waals surface area contributed by atoms with Gasteiger partial charge in [0.1, 0.15) is 0 Å². The van der Waals surface area contributed by atoms with Crippen molar-refractivity contribution in [3.05, 3.63) is 29.3 Å². The van der Waals surface area contributed by atoms with Crippen LogP contribution in [0.3, 0.4) is 0 Å². The Bertz CT molecular complexity index is 455. The minimum absolute atomic E-state index is 0.107. The summed E-state index contributed by atoms with van der Waals surface area (Å²) in [5, 5.41) is 3.44. The Labute approximate surface area is 122 Å². The third-order valence-electron chi connectivity index (χ3n) is 3.22. The molecule has 0 unspecified atom stereocenters. The summed E-state index contributed by atoms with van der Waals surface area (Å²) in [6.45, 7) is 7.57. The number of hydrogen-bond donors (Lipinski definition) is 1. The first-order valence-corrected chi connectivity index (χ1v) is 7.05. The second kappa shape index (κ2) is 7.29. The van der Waals surface area contributed by atoms with Crippen LogP contribution < -0.4 is 10.2 Å². The number of benzene rings is 1. The minimum atomic E-state index is 0.107. The van der Waals surface area contributed by atoms with Crippen LogP contribution in [0.1, 0.15) is 25.0 Å². The molecule has 1 rings (SSSR count). The van der Waals surface area contributed by atoms with Crippen LogP contribution in [-0.4, -0.2) is 44.5 Å². The van der Waals surface area contributed by atoms with Gasteiger partial charge in [-0.25, -0.2) is 0 Å². The van der Waals surface area contributed by atoms with Crippen LogP contribution in [0.15, 0.2) is 18.2 Å². The van der Waals surface area contributed by atoms with Crippen molar-refractivity contribution in [2.24, 2.45) is 0 Å². The maximum absolute atomic E-state index is 11.8. The van der Waals surface area contributed by atoms with Crippen molar-refractivity contribution in [1.82, 2.24) is 10.2 Å². The topological polar surface area (TPSA) is 35.6 Å². The molecule has 4 heteroatoms. The van der Waals surface area contributed by atoms with Gasteiger partial charge in [0.25, 0.3) is 0 Å². The Morgan fingerprint density at radius 1 is 1.25 bits per heavy atom. The number of anilines is 1. The molecule has 1 amide bonds. The molecule has 1 N–H and O–H groups in total. The zero-order valence-electron chi connectivity index (χ0n) is 13.5. The molecule has 1 aromatic carbocycles. The Kier molecular flexibility index (Phi) is 6.02. The highest BCUT2D eigenvalue weighted by Crippen LogP contribution is 2.21. The average molecular weight is 277 g/mol. The largest absolute Gasteiger partial charge is 0.365 e. The number of rotatable bonds is 6. The molecule has 0 bridgehead atoms. The van der Waals surface area contributed by atoms with Crippen molar-refractivity contribution in [3.63, 3.8) is 0 Å². The molecule has 0 radical (unpaired) electrons. The molecule has 1 aromatic rings. The fourth-order valence-electron chi connectivity index (χ4n) is 1.97. The minimum Gasteiger partial charge on any atom is -0.365 e. The van der Waals surface area contributed by atoms with Crippen LogP contribution in [-0.2, 0) is 11.3 Å². The van der Waals surface area contributed by atoms with Crippen molar-refractivity contribution >= 4 is 11.6 Å². The van der Waals surface area contributed by atoms with Crippen LogP contribution in [0.5, 0.6) is 0 Å². The number of hydrogen-bond acceptors (Lipinski definition) is 3. The van der Waals surface area contributed by atoms with E-state index in [1.807, 2.05) is 11.9 Å². The lowest BCUT2D eigenvalue weighted by atomic mass is 10.1. The van der Waals surface area contributed by atoms with Gasteiger partial charge in [0.05, 0.1) is 6.54 Å². The molecule has 0 aliphatic heterocycles. The van der Waals surface area contributed by atoms with E-state index in [-0.39, 0.29) is 5.91 Å². The summed E-state index contributed by atoms with van der Waals surface area (Å²) in [5.41, 5.74) is 3.58. The van der Waals surface area contributed by atoms with Gasteiger partial charge in [-0.15, -0.1) is 0 Å². The SMILES string of the molecule is Cc1ccc(N(C)CC(=O)N(C)C)c(CNC(C)C)c1. The number of carbonyl (C=O) groups excluding carboxylic acids is 1. The molecule has 0 aromatic heterocycles. The van der Waals surface area contributed by atoms with Gasteiger partial charge in [-0.05, 0) is 18.6 Å². The Balaban J connectivity index is 2.89. The summed E-state index contributed by atoms with van der Waals surface area (Å²) >= 11 is 0. The van der Waals surface area contributed by atoms with Crippen molar-refractivity contribution in [2.45, 2.75) is 33.4 Å².